The average molecular weight is 588 g/mol. The Kier molecular flexibility index (Phi) is 9.79. The fourth-order valence-electron chi connectivity index (χ4n) is 4.72. The van der Waals surface area contributed by atoms with E-state index in [1.54, 1.807) is 14.2 Å². The molecule has 0 radical (unpaired) electrons. The molecule has 4 aromatic rings. The van der Waals surface area contributed by atoms with E-state index in [2.05, 4.69) is 10.3 Å². The van der Waals surface area contributed by atoms with Crippen LogP contribution >= 0.6 is 0 Å². The van der Waals surface area contributed by atoms with Crippen molar-refractivity contribution in [2.45, 2.75) is 25.1 Å². The number of aromatic amines is 1. The highest BCUT2D eigenvalue weighted by Crippen LogP contribution is 2.41. The normalized spacial score (nSPS) is 11.8. The highest BCUT2D eigenvalue weighted by Gasteiger charge is 2.39. The number of H-pyrrole nitrogens is 1. The minimum atomic E-state index is -1.25. The van der Waals surface area contributed by atoms with Crippen molar-refractivity contribution in [2.24, 2.45) is 0 Å². The average Bonchev–Trinajstić information content (AvgIpc) is 3.04. The first-order valence-corrected chi connectivity index (χ1v) is 13.4. The van der Waals surface area contributed by atoms with Crippen molar-refractivity contribution >= 4 is 11.9 Å². The van der Waals surface area contributed by atoms with E-state index >= 15 is 0 Å². The predicted molar refractivity (Wildman–Crippen MR) is 158 cm³/mol. The number of rotatable bonds is 12. The first-order chi connectivity index (χ1) is 20.7. The lowest BCUT2D eigenvalue weighted by atomic mass is 9.80. The van der Waals surface area contributed by atoms with Gasteiger partial charge >= 0.3 is 11.7 Å². The highest BCUT2D eigenvalue weighted by molar-refractivity contribution is 5.84. The van der Waals surface area contributed by atoms with E-state index in [0.29, 0.717) is 11.5 Å². The summed E-state index contributed by atoms with van der Waals surface area (Å²) in [5.74, 6) is -0.114. The van der Waals surface area contributed by atoms with Gasteiger partial charge in [-0.05, 0) is 47.9 Å². The third-order valence-corrected chi connectivity index (χ3v) is 6.96. The number of hydrogen-bond acceptors (Lipinski definition) is 8. The van der Waals surface area contributed by atoms with Crippen LogP contribution in [0.15, 0.2) is 94.6 Å². The number of hydrogen-bond donors (Lipinski definition) is 2. The molecular weight excluding hydrogens is 554 g/mol. The Balaban J connectivity index is 1.74. The first-order valence-electron chi connectivity index (χ1n) is 13.4. The molecule has 0 aliphatic carbocycles. The number of aromatic nitrogens is 2. The minimum absolute atomic E-state index is 0.256. The van der Waals surface area contributed by atoms with Gasteiger partial charge in [-0.1, -0.05) is 54.6 Å². The number of carbonyl (C=O) groups is 2. The molecule has 0 saturated heterocycles. The van der Waals surface area contributed by atoms with Crippen molar-refractivity contribution in [3.05, 3.63) is 128 Å². The van der Waals surface area contributed by atoms with Crippen LogP contribution in [0.1, 0.15) is 22.3 Å². The lowest BCUT2D eigenvalue weighted by Crippen LogP contribution is -2.49. The maximum absolute atomic E-state index is 13.0. The van der Waals surface area contributed by atoms with E-state index in [-0.39, 0.29) is 12.2 Å². The van der Waals surface area contributed by atoms with Gasteiger partial charge in [-0.3, -0.25) is 19.1 Å². The summed E-state index contributed by atoms with van der Waals surface area (Å²) in [6.45, 7) is 0.773. The summed E-state index contributed by atoms with van der Waals surface area (Å²) < 4.78 is 23.5. The number of aryl methyl sites for hydroxylation is 1. The molecule has 224 valence electrons. The Morgan fingerprint density at radius 1 is 0.837 bits per heavy atom. The molecule has 0 bridgehead atoms. The quantitative estimate of drug-likeness (QED) is 0.191. The molecule has 1 atom stereocenters. The molecule has 0 aliphatic rings. The number of nitrogens with zero attached hydrogens (tertiary/aromatic N) is 1. The molecule has 1 aromatic heterocycles. The Morgan fingerprint density at radius 3 is 1.88 bits per heavy atom. The number of amides is 1. The molecule has 0 fully saturated rings. The van der Waals surface area contributed by atoms with Gasteiger partial charge in [-0.2, -0.15) is 0 Å². The molecule has 11 heteroatoms. The van der Waals surface area contributed by atoms with Gasteiger partial charge in [0.2, 0.25) is 5.91 Å². The molecule has 0 aliphatic heterocycles. The van der Waals surface area contributed by atoms with E-state index in [9.17, 15) is 19.2 Å². The minimum Gasteiger partial charge on any atom is -0.497 e. The molecule has 0 unspecified atom stereocenters. The third kappa shape index (κ3) is 6.84. The van der Waals surface area contributed by atoms with Crippen LogP contribution in [-0.2, 0) is 31.2 Å². The van der Waals surface area contributed by atoms with Gasteiger partial charge in [0.05, 0.1) is 27.9 Å². The Labute approximate surface area is 248 Å². The number of esters is 1. The molecule has 0 spiro atoms. The summed E-state index contributed by atoms with van der Waals surface area (Å²) in [6, 6.07) is 22.9. The maximum Gasteiger partial charge on any atom is 0.330 e. The number of carbonyl (C=O) groups excluding carboxylic acids is 2. The van der Waals surface area contributed by atoms with Crippen molar-refractivity contribution in [3.8, 4) is 11.5 Å². The summed E-state index contributed by atoms with van der Waals surface area (Å²) in [6.07, 6.45) is 1.28. The van der Waals surface area contributed by atoms with Crippen molar-refractivity contribution < 1.29 is 28.5 Å². The Morgan fingerprint density at radius 2 is 1.37 bits per heavy atom. The fourth-order valence-corrected chi connectivity index (χ4v) is 4.72. The second-order valence-corrected chi connectivity index (χ2v) is 9.66. The molecule has 0 saturated carbocycles. The maximum atomic E-state index is 13.0. The largest absolute Gasteiger partial charge is 0.497 e. The van der Waals surface area contributed by atoms with E-state index in [0.717, 1.165) is 21.3 Å². The topological polar surface area (TPSA) is 138 Å². The molecule has 4 rings (SSSR count). The van der Waals surface area contributed by atoms with E-state index < -0.39 is 41.3 Å². The fraction of sp³-hybridized carbons (Fsp3) is 0.250. The van der Waals surface area contributed by atoms with Crippen molar-refractivity contribution in [1.82, 2.24) is 14.9 Å². The van der Waals surface area contributed by atoms with Gasteiger partial charge in [-0.15, -0.1) is 0 Å². The Hall–Kier alpha value is -5.16. The second-order valence-electron chi connectivity index (χ2n) is 9.66. The number of methoxy groups -OCH3 is 3. The lowest BCUT2D eigenvalue weighted by molar-refractivity contribution is -0.148. The standard InChI is InChI=1S/C32H33N3O8/c1-21-18-35(31(39)34-29(21)37)19-28(36)33-27(30(38)42-4)20-43-32(22-8-6-5-7-9-22,23-10-14-25(40-2)15-11-23)24-12-16-26(41-3)17-13-24/h5-18,27H,19-20H2,1-4H3,(H,33,36)(H,34,37,39)/t27-/m0/s1. The molecule has 1 heterocycles. The lowest BCUT2D eigenvalue weighted by Gasteiger charge is -2.37. The summed E-state index contributed by atoms with van der Waals surface area (Å²) in [7, 11) is 4.35. The van der Waals surface area contributed by atoms with Gasteiger partial charge in [0.25, 0.3) is 5.56 Å². The van der Waals surface area contributed by atoms with Crippen LogP contribution in [-0.4, -0.2) is 55.4 Å². The summed E-state index contributed by atoms with van der Waals surface area (Å²) >= 11 is 0. The summed E-state index contributed by atoms with van der Waals surface area (Å²) in [5.41, 5.74) is -0.0632. The summed E-state index contributed by atoms with van der Waals surface area (Å²) in [4.78, 5) is 52.0. The smallest absolute Gasteiger partial charge is 0.330 e. The van der Waals surface area contributed by atoms with Crippen LogP contribution in [0.3, 0.4) is 0 Å². The van der Waals surface area contributed by atoms with Crippen LogP contribution < -0.4 is 26.0 Å². The van der Waals surface area contributed by atoms with E-state index in [1.165, 1.54) is 20.2 Å². The SMILES string of the molecule is COC(=O)[C@H](COC(c1ccccc1)(c1ccc(OC)cc1)c1ccc(OC)cc1)NC(=O)Cn1cc(C)c(=O)[nH]c1=O. The molecular formula is C32H33N3O8. The molecule has 1 amide bonds. The van der Waals surface area contributed by atoms with Crippen molar-refractivity contribution in [1.29, 1.82) is 0 Å². The number of benzene rings is 3. The second kappa shape index (κ2) is 13.7. The summed E-state index contributed by atoms with van der Waals surface area (Å²) in [5, 5.41) is 2.61. The van der Waals surface area contributed by atoms with Gasteiger partial charge in [0.1, 0.15) is 23.6 Å². The molecule has 2 N–H and O–H groups in total. The van der Waals surface area contributed by atoms with Gasteiger partial charge in [0, 0.05) is 11.8 Å². The van der Waals surface area contributed by atoms with Crippen molar-refractivity contribution in [2.75, 3.05) is 27.9 Å². The zero-order valence-electron chi connectivity index (χ0n) is 24.3. The van der Waals surface area contributed by atoms with Crippen molar-refractivity contribution in [3.63, 3.8) is 0 Å². The molecule has 3 aromatic carbocycles. The zero-order valence-corrected chi connectivity index (χ0v) is 24.3. The van der Waals surface area contributed by atoms with E-state index in [4.69, 9.17) is 18.9 Å². The van der Waals surface area contributed by atoms with Crippen LogP contribution in [0.25, 0.3) is 0 Å². The van der Waals surface area contributed by atoms with Crippen LogP contribution in [0.4, 0.5) is 0 Å². The Bertz CT molecular complexity index is 1610. The number of ether oxygens (including phenoxy) is 4. The van der Waals surface area contributed by atoms with Gasteiger partial charge in [-0.25, -0.2) is 9.59 Å². The van der Waals surface area contributed by atoms with Crippen LogP contribution in [0.2, 0.25) is 0 Å². The molecule has 43 heavy (non-hydrogen) atoms. The van der Waals surface area contributed by atoms with Gasteiger partial charge in [0.15, 0.2) is 6.04 Å². The number of nitrogens with one attached hydrogen (secondary N) is 2. The van der Waals surface area contributed by atoms with Gasteiger partial charge < -0.3 is 24.3 Å². The van der Waals surface area contributed by atoms with Crippen LogP contribution in [0.5, 0.6) is 11.5 Å². The zero-order chi connectivity index (χ0) is 31.0. The molecule has 11 nitrogen and oxygen atoms in total. The third-order valence-electron chi connectivity index (χ3n) is 6.96. The van der Waals surface area contributed by atoms with E-state index in [1.807, 2.05) is 78.9 Å². The monoisotopic (exact) mass is 587 g/mol. The predicted octanol–water partition coefficient (Wildman–Crippen LogP) is 2.53. The first kappa shape index (κ1) is 30.8. The van der Waals surface area contributed by atoms with Crippen LogP contribution in [0, 0.1) is 6.92 Å². The highest BCUT2D eigenvalue weighted by atomic mass is 16.5.